The Hall–Kier alpha value is -2.51. The van der Waals surface area contributed by atoms with Gasteiger partial charge in [0.05, 0.1) is 7.11 Å². The molecule has 0 saturated carbocycles. The maximum atomic E-state index is 12.7. The van der Waals surface area contributed by atoms with Crippen molar-refractivity contribution in [2.24, 2.45) is 0 Å². The summed E-state index contributed by atoms with van der Waals surface area (Å²) in [5.41, 5.74) is -2.15. The summed E-state index contributed by atoms with van der Waals surface area (Å²) >= 11 is 0. The number of carboxylic acid groups (broad SMARTS) is 1. The number of para-hydroxylation sites is 2. The minimum absolute atomic E-state index is 0.216. The molecule has 1 aromatic heterocycles. The van der Waals surface area contributed by atoms with Gasteiger partial charge in [0.1, 0.15) is 17.0 Å². The van der Waals surface area contributed by atoms with Crippen LogP contribution in [-0.2, 0) is 6.18 Å². The summed E-state index contributed by atoms with van der Waals surface area (Å²) in [7, 11) is 1.35. The predicted octanol–water partition coefficient (Wildman–Crippen LogP) is 2.60. The largest absolute Gasteiger partial charge is 0.494 e. The number of nitrogens with zero attached hydrogens (tertiary/aromatic N) is 2. The maximum Gasteiger partial charge on any atom is 0.436 e. The van der Waals surface area contributed by atoms with Crippen LogP contribution in [0, 0.1) is 0 Å². The molecule has 0 aliphatic carbocycles. The van der Waals surface area contributed by atoms with Gasteiger partial charge in [-0.2, -0.15) is 18.3 Å². The van der Waals surface area contributed by atoms with Gasteiger partial charge in [0, 0.05) is 6.20 Å². The summed E-state index contributed by atoms with van der Waals surface area (Å²) < 4.78 is 44.1. The van der Waals surface area contributed by atoms with Gasteiger partial charge in [-0.25, -0.2) is 9.48 Å². The lowest BCUT2D eigenvalue weighted by Crippen LogP contribution is -2.12. The summed E-state index contributed by atoms with van der Waals surface area (Å²) in [4.78, 5) is 10.9. The molecule has 0 atom stereocenters. The van der Waals surface area contributed by atoms with Crippen LogP contribution >= 0.6 is 0 Å². The van der Waals surface area contributed by atoms with E-state index in [1.54, 1.807) is 12.1 Å². The average Bonchev–Trinajstić information content (AvgIpc) is 2.83. The molecule has 0 aliphatic rings. The van der Waals surface area contributed by atoms with Crippen molar-refractivity contribution >= 4 is 5.97 Å². The summed E-state index contributed by atoms with van der Waals surface area (Å²) in [6, 6.07) is 6.21. The Labute approximate surface area is 111 Å². The number of rotatable bonds is 3. The highest BCUT2D eigenvalue weighted by atomic mass is 19.4. The Kier molecular flexibility index (Phi) is 3.39. The smallest absolute Gasteiger partial charge is 0.436 e. The van der Waals surface area contributed by atoms with Gasteiger partial charge in [-0.05, 0) is 12.1 Å². The van der Waals surface area contributed by atoms with Gasteiger partial charge >= 0.3 is 12.1 Å². The molecule has 2 aromatic rings. The van der Waals surface area contributed by atoms with Crippen molar-refractivity contribution in [3.63, 3.8) is 0 Å². The molecule has 0 saturated heterocycles. The molecule has 0 fully saturated rings. The summed E-state index contributed by atoms with van der Waals surface area (Å²) in [5.74, 6) is -1.42. The third-order valence-electron chi connectivity index (χ3n) is 2.55. The molecule has 8 heteroatoms. The van der Waals surface area contributed by atoms with Crippen molar-refractivity contribution in [3.8, 4) is 11.4 Å². The lowest BCUT2D eigenvalue weighted by molar-refractivity contribution is -0.141. The van der Waals surface area contributed by atoms with Crippen LogP contribution < -0.4 is 4.74 Å². The highest BCUT2D eigenvalue weighted by Crippen LogP contribution is 2.32. The number of hydrogen-bond acceptors (Lipinski definition) is 3. The molecule has 0 bridgehead atoms. The molecule has 0 amide bonds. The average molecular weight is 286 g/mol. The lowest BCUT2D eigenvalue weighted by atomic mass is 10.2. The van der Waals surface area contributed by atoms with E-state index < -0.39 is 23.4 Å². The lowest BCUT2D eigenvalue weighted by Gasteiger charge is -2.07. The monoisotopic (exact) mass is 286 g/mol. The number of aromatic nitrogens is 2. The van der Waals surface area contributed by atoms with Crippen molar-refractivity contribution in [1.29, 1.82) is 0 Å². The van der Waals surface area contributed by atoms with E-state index in [4.69, 9.17) is 9.84 Å². The number of ether oxygens (including phenoxy) is 1. The molecular formula is C12H9F3N2O3. The van der Waals surface area contributed by atoms with Gasteiger partial charge < -0.3 is 9.84 Å². The zero-order valence-corrected chi connectivity index (χ0v) is 10.2. The van der Waals surface area contributed by atoms with Gasteiger partial charge in [-0.1, -0.05) is 12.1 Å². The molecule has 0 unspecified atom stereocenters. The number of hydrogen-bond donors (Lipinski definition) is 1. The van der Waals surface area contributed by atoms with Crippen molar-refractivity contribution in [2.75, 3.05) is 7.11 Å². The second-order valence-electron chi connectivity index (χ2n) is 3.81. The SMILES string of the molecule is COc1ccccc1-n1cc(C(=O)O)c(C(F)(F)F)n1. The van der Waals surface area contributed by atoms with Crippen LogP contribution in [0.5, 0.6) is 5.75 Å². The molecule has 106 valence electrons. The minimum Gasteiger partial charge on any atom is -0.494 e. The van der Waals surface area contributed by atoms with Crippen LogP contribution in [0.3, 0.4) is 0 Å². The van der Waals surface area contributed by atoms with Gasteiger partial charge in [0.15, 0.2) is 5.69 Å². The fraction of sp³-hybridized carbons (Fsp3) is 0.167. The first-order valence-corrected chi connectivity index (χ1v) is 5.38. The van der Waals surface area contributed by atoms with Gasteiger partial charge in [-0.3, -0.25) is 0 Å². The third-order valence-corrected chi connectivity index (χ3v) is 2.55. The Bertz CT molecular complexity index is 650. The van der Waals surface area contributed by atoms with E-state index in [9.17, 15) is 18.0 Å². The Morgan fingerprint density at radius 1 is 1.35 bits per heavy atom. The standard InChI is InChI=1S/C12H9F3N2O3/c1-20-9-5-3-2-4-8(9)17-6-7(11(18)19)10(16-17)12(13,14)15/h2-6H,1H3,(H,18,19). The molecule has 1 N–H and O–H groups in total. The summed E-state index contributed by atoms with van der Waals surface area (Å²) in [6.45, 7) is 0. The first kappa shape index (κ1) is 13.9. The molecule has 0 spiro atoms. The first-order chi connectivity index (χ1) is 9.34. The number of aromatic carboxylic acids is 1. The normalized spacial score (nSPS) is 11.4. The Balaban J connectivity index is 2.62. The molecular weight excluding hydrogens is 277 g/mol. The highest BCUT2D eigenvalue weighted by molar-refractivity contribution is 5.89. The third kappa shape index (κ3) is 2.44. The van der Waals surface area contributed by atoms with Crippen LogP contribution in [-0.4, -0.2) is 28.0 Å². The quantitative estimate of drug-likeness (QED) is 0.942. The van der Waals surface area contributed by atoms with Crippen LogP contribution in [0.4, 0.5) is 13.2 Å². The number of carboxylic acids is 1. The van der Waals surface area contributed by atoms with Crippen LogP contribution in [0.15, 0.2) is 30.5 Å². The molecule has 20 heavy (non-hydrogen) atoms. The zero-order chi connectivity index (χ0) is 14.9. The van der Waals surface area contributed by atoms with E-state index in [1.807, 2.05) is 0 Å². The Morgan fingerprint density at radius 2 is 2.00 bits per heavy atom. The van der Waals surface area contributed by atoms with E-state index in [1.165, 1.54) is 19.2 Å². The molecule has 0 radical (unpaired) electrons. The second kappa shape index (κ2) is 4.87. The van der Waals surface area contributed by atoms with Gasteiger partial charge in [-0.15, -0.1) is 0 Å². The summed E-state index contributed by atoms with van der Waals surface area (Å²) in [6.07, 6.45) is -4.04. The van der Waals surface area contributed by atoms with Gasteiger partial charge in [0.2, 0.25) is 0 Å². The minimum atomic E-state index is -4.85. The van der Waals surface area contributed by atoms with E-state index in [2.05, 4.69) is 5.10 Å². The fourth-order valence-electron chi connectivity index (χ4n) is 1.68. The number of halogens is 3. The molecule has 5 nitrogen and oxygen atoms in total. The molecule has 0 aliphatic heterocycles. The first-order valence-electron chi connectivity index (χ1n) is 5.38. The number of benzene rings is 1. The van der Waals surface area contributed by atoms with E-state index in [-0.39, 0.29) is 11.4 Å². The summed E-state index contributed by atoms with van der Waals surface area (Å²) in [5, 5.41) is 12.1. The van der Waals surface area contributed by atoms with Crippen molar-refractivity contribution in [3.05, 3.63) is 41.7 Å². The van der Waals surface area contributed by atoms with Crippen LogP contribution in [0.2, 0.25) is 0 Å². The van der Waals surface area contributed by atoms with E-state index >= 15 is 0 Å². The van der Waals surface area contributed by atoms with Crippen LogP contribution in [0.25, 0.3) is 5.69 Å². The highest BCUT2D eigenvalue weighted by Gasteiger charge is 2.39. The predicted molar refractivity (Wildman–Crippen MR) is 62.1 cm³/mol. The van der Waals surface area contributed by atoms with Crippen molar-refractivity contribution in [2.45, 2.75) is 6.18 Å². The fourth-order valence-corrected chi connectivity index (χ4v) is 1.68. The van der Waals surface area contributed by atoms with Crippen molar-refractivity contribution in [1.82, 2.24) is 9.78 Å². The van der Waals surface area contributed by atoms with Crippen LogP contribution in [0.1, 0.15) is 16.1 Å². The second-order valence-corrected chi connectivity index (χ2v) is 3.81. The number of methoxy groups -OCH3 is 1. The molecule has 2 rings (SSSR count). The number of alkyl halides is 3. The maximum absolute atomic E-state index is 12.7. The number of carbonyl (C=O) groups is 1. The van der Waals surface area contributed by atoms with Gasteiger partial charge in [0.25, 0.3) is 0 Å². The van der Waals surface area contributed by atoms with E-state index in [0.29, 0.717) is 0 Å². The molecule has 1 heterocycles. The Morgan fingerprint density at radius 3 is 2.50 bits per heavy atom. The van der Waals surface area contributed by atoms with Crippen molar-refractivity contribution < 1.29 is 27.8 Å². The van der Waals surface area contributed by atoms with E-state index in [0.717, 1.165) is 10.9 Å². The zero-order valence-electron chi connectivity index (χ0n) is 10.2. The topological polar surface area (TPSA) is 64.3 Å². The molecule has 1 aromatic carbocycles.